The molecule has 1 aliphatic heterocycles. The third-order valence-electron chi connectivity index (χ3n) is 2.72. The summed E-state index contributed by atoms with van der Waals surface area (Å²) in [4.78, 5) is 21.8. The van der Waals surface area contributed by atoms with Crippen molar-refractivity contribution in [3.05, 3.63) is 18.5 Å². The molecular formula is C12H18N4O. The summed E-state index contributed by atoms with van der Waals surface area (Å²) < 4.78 is 0. The van der Waals surface area contributed by atoms with Gasteiger partial charge in [-0.3, -0.25) is 4.79 Å². The minimum absolute atomic E-state index is 0.243. The monoisotopic (exact) mass is 234 g/mol. The fourth-order valence-electron chi connectivity index (χ4n) is 1.81. The smallest absolute Gasteiger partial charge is 0.222 e. The van der Waals surface area contributed by atoms with Crippen LogP contribution >= 0.6 is 0 Å². The highest BCUT2D eigenvalue weighted by Gasteiger charge is 2.30. The molecule has 1 aliphatic rings. The van der Waals surface area contributed by atoms with Gasteiger partial charge in [0.1, 0.15) is 0 Å². The van der Waals surface area contributed by atoms with Gasteiger partial charge in [-0.2, -0.15) is 0 Å². The molecule has 0 spiro atoms. The van der Waals surface area contributed by atoms with Gasteiger partial charge in [0.2, 0.25) is 11.9 Å². The van der Waals surface area contributed by atoms with E-state index in [4.69, 9.17) is 0 Å². The molecule has 1 amide bonds. The molecule has 0 bridgehead atoms. The van der Waals surface area contributed by atoms with Gasteiger partial charge in [-0.25, -0.2) is 9.97 Å². The van der Waals surface area contributed by atoms with E-state index < -0.39 is 0 Å². The van der Waals surface area contributed by atoms with Crippen molar-refractivity contribution >= 4 is 11.9 Å². The second kappa shape index (κ2) is 5.12. The molecule has 0 aromatic carbocycles. The summed E-state index contributed by atoms with van der Waals surface area (Å²) in [5.74, 6) is 1.30. The van der Waals surface area contributed by atoms with Crippen molar-refractivity contribution in [3.63, 3.8) is 0 Å². The highest BCUT2D eigenvalue weighted by Crippen LogP contribution is 2.15. The predicted octanol–water partition coefficient (Wildman–Crippen LogP) is 1.15. The van der Waals surface area contributed by atoms with Gasteiger partial charge in [0.25, 0.3) is 0 Å². The van der Waals surface area contributed by atoms with Crippen LogP contribution in [-0.2, 0) is 4.79 Å². The van der Waals surface area contributed by atoms with E-state index in [1.165, 1.54) is 0 Å². The lowest BCUT2D eigenvalue weighted by Gasteiger charge is -2.39. The average Bonchev–Trinajstić information content (AvgIpc) is 2.23. The van der Waals surface area contributed by atoms with Crippen LogP contribution in [0.15, 0.2) is 18.5 Å². The van der Waals surface area contributed by atoms with Crippen LogP contribution in [0.3, 0.4) is 0 Å². The lowest BCUT2D eigenvalue weighted by atomic mass is 10.1. The third-order valence-corrected chi connectivity index (χ3v) is 2.72. The summed E-state index contributed by atoms with van der Waals surface area (Å²) in [6, 6.07) is 2.07. The first-order valence-electron chi connectivity index (χ1n) is 5.96. The molecule has 0 aliphatic carbocycles. The minimum Gasteiger partial charge on any atom is -0.348 e. The Morgan fingerprint density at radius 1 is 1.47 bits per heavy atom. The molecule has 92 valence electrons. The first-order chi connectivity index (χ1) is 8.15. The van der Waals surface area contributed by atoms with Crippen molar-refractivity contribution < 1.29 is 4.79 Å². The second-order valence-corrected chi connectivity index (χ2v) is 4.81. The van der Waals surface area contributed by atoms with Crippen molar-refractivity contribution in [3.8, 4) is 0 Å². The molecule has 0 unspecified atom stereocenters. The zero-order valence-corrected chi connectivity index (χ0v) is 10.3. The molecule has 0 radical (unpaired) electrons. The summed E-state index contributed by atoms with van der Waals surface area (Å²) in [5, 5.41) is 3.20. The van der Waals surface area contributed by atoms with Crippen LogP contribution < -0.4 is 5.32 Å². The molecule has 1 saturated heterocycles. The number of nitrogens with one attached hydrogen (secondary N) is 1. The van der Waals surface area contributed by atoms with E-state index >= 15 is 0 Å². The first kappa shape index (κ1) is 11.8. The van der Waals surface area contributed by atoms with E-state index in [0.717, 1.165) is 13.1 Å². The Hall–Kier alpha value is -1.65. The Labute approximate surface area is 101 Å². The van der Waals surface area contributed by atoms with Crippen molar-refractivity contribution in [2.45, 2.75) is 26.3 Å². The Kier molecular flexibility index (Phi) is 3.56. The fraction of sp³-hybridized carbons (Fsp3) is 0.583. The maximum absolute atomic E-state index is 11.7. The van der Waals surface area contributed by atoms with Crippen molar-refractivity contribution in [1.29, 1.82) is 0 Å². The van der Waals surface area contributed by atoms with E-state index in [1.807, 2.05) is 4.90 Å². The number of anilines is 1. The van der Waals surface area contributed by atoms with Crippen molar-refractivity contribution in [2.75, 3.05) is 18.4 Å². The van der Waals surface area contributed by atoms with Gasteiger partial charge in [-0.1, -0.05) is 13.8 Å². The topological polar surface area (TPSA) is 58.1 Å². The van der Waals surface area contributed by atoms with Crippen LogP contribution in [0.1, 0.15) is 20.3 Å². The van der Waals surface area contributed by atoms with Gasteiger partial charge in [0.05, 0.1) is 6.04 Å². The third kappa shape index (κ3) is 3.15. The van der Waals surface area contributed by atoms with Crippen molar-refractivity contribution in [2.24, 2.45) is 5.92 Å². The summed E-state index contributed by atoms with van der Waals surface area (Å²) in [6.07, 6.45) is 4.04. The average molecular weight is 234 g/mol. The molecule has 2 heterocycles. The SMILES string of the molecule is CC(C)CC(=O)N1CC(Nc2ncccn2)C1. The number of nitrogens with zero attached hydrogens (tertiary/aromatic N) is 3. The van der Waals surface area contributed by atoms with Crippen molar-refractivity contribution in [1.82, 2.24) is 14.9 Å². The number of carbonyl (C=O) groups is 1. The molecule has 1 fully saturated rings. The molecule has 5 heteroatoms. The van der Waals surface area contributed by atoms with Gasteiger partial charge < -0.3 is 10.2 Å². The summed E-state index contributed by atoms with van der Waals surface area (Å²) in [7, 11) is 0. The molecule has 0 saturated carbocycles. The molecule has 1 aromatic heterocycles. The molecular weight excluding hydrogens is 216 g/mol. The van der Waals surface area contributed by atoms with E-state index in [0.29, 0.717) is 18.3 Å². The molecule has 0 atom stereocenters. The maximum atomic E-state index is 11.7. The van der Waals surface area contributed by atoms with Crippen LogP contribution in [0.2, 0.25) is 0 Å². The Balaban J connectivity index is 1.74. The van der Waals surface area contributed by atoms with E-state index in [9.17, 15) is 4.79 Å². The number of hydrogen-bond acceptors (Lipinski definition) is 4. The largest absolute Gasteiger partial charge is 0.348 e. The molecule has 17 heavy (non-hydrogen) atoms. The number of aromatic nitrogens is 2. The van der Waals surface area contributed by atoms with Crippen LogP contribution in [0.25, 0.3) is 0 Å². The van der Waals surface area contributed by atoms with Crippen LogP contribution in [-0.4, -0.2) is 39.9 Å². The Bertz CT molecular complexity index is 373. The summed E-state index contributed by atoms with van der Waals surface area (Å²) >= 11 is 0. The predicted molar refractivity (Wildman–Crippen MR) is 65.5 cm³/mol. The van der Waals surface area contributed by atoms with Gasteiger partial charge in [0.15, 0.2) is 0 Å². The van der Waals surface area contributed by atoms with Crippen LogP contribution in [0, 0.1) is 5.92 Å². The van der Waals surface area contributed by atoms with Gasteiger partial charge in [-0.05, 0) is 12.0 Å². The second-order valence-electron chi connectivity index (χ2n) is 4.81. The standard InChI is InChI=1S/C12H18N4O/c1-9(2)6-11(17)16-7-10(8-16)15-12-13-4-3-5-14-12/h3-5,9-10H,6-8H2,1-2H3,(H,13,14,15). The number of hydrogen-bond donors (Lipinski definition) is 1. The highest BCUT2D eigenvalue weighted by molar-refractivity contribution is 5.77. The lowest BCUT2D eigenvalue weighted by Crippen LogP contribution is -2.57. The molecule has 5 nitrogen and oxygen atoms in total. The highest BCUT2D eigenvalue weighted by atomic mass is 16.2. The number of rotatable bonds is 4. The number of likely N-dealkylation sites (tertiary alicyclic amines) is 1. The normalized spacial score (nSPS) is 15.8. The van der Waals surface area contributed by atoms with E-state index in [-0.39, 0.29) is 11.9 Å². The van der Waals surface area contributed by atoms with E-state index in [1.54, 1.807) is 18.5 Å². The fourth-order valence-corrected chi connectivity index (χ4v) is 1.81. The van der Waals surface area contributed by atoms with Gasteiger partial charge in [0, 0.05) is 31.9 Å². The first-order valence-corrected chi connectivity index (χ1v) is 5.96. The minimum atomic E-state index is 0.243. The quantitative estimate of drug-likeness (QED) is 0.849. The lowest BCUT2D eigenvalue weighted by molar-refractivity contribution is -0.135. The van der Waals surface area contributed by atoms with Gasteiger partial charge >= 0.3 is 0 Å². The Morgan fingerprint density at radius 2 is 2.12 bits per heavy atom. The zero-order chi connectivity index (χ0) is 12.3. The molecule has 2 rings (SSSR count). The zero-order valence-electron chi connectivity index (χ0n) is 10.3. The molecule has 1 aromatic rings. The maximum Gasteiger partial charge on any atom is 0.222 e. The van der Waals surface area contributed by atoms with Crippen LogP contribution in [0.5, 0.6) is 0 Å². The van der Waals surface area contributed by atoms with Gasteiger partial charge in [-0.15, -0.1) is 0 Å². The number of amides is 1. The van der Waals surface area contributed by atoms with Crippen LogP contribution in [0.4, 0.5) is 5.95 Å². The Morgan fingerprint density at radius 3 is 2.71 bits per heavy atom. The summed E-state index contributed by atoms with van der Waals surface area (Å²) in [5.41, 5.74) is 0. The number of carbonyl (C=O) groups excluding carboxylic acids is 1. The summed E-state index contributed by atoms with van der Waals surface area (Å²) in [6.45, 7) is 5.63. The molecule has 1 N–H and O–H groups in total. The van der Waals surface area contributed by atoms with E-state index in [2.05, 4.69) is 29.1 Å².